The number of carbonyl (C=O) groups is 2. The van der Waals surface area contributed by atoms with Gasteiger partial charge in [-0.05, 0) is 36.8 Å². The maximum Gasteiger partial charge on any atom is 0.311 e. The van der Waals surface area contributed by atoms with E-state index in [4.69, 9.17) is 27.9 Å². The molecule has 0 unspecified atom stereocenters. The molecule has 0 saturated heterocycles. The van der Waals surface area contributed by atoms with E-state index in [2.05, 4.69) is 5.32 Å². The average Bonchev–Trinajstić information content (AvgIpc) is 2.53. The van der Waals surface area contributed by atoms with Crippen LogP contribution in [-0.2, 0) is 20.7 Å². The largest absolute Gasteiger partial charge is 0.452 e. The topological polar surface area (TPSA) is 55.4 Å². The molecule has 0 bridgehead atoms. The van der Waals surface area contributed by atoms with Crippen molar-refractivity contribution in [2.45, 2.75) is 19.4 Å². The van der Waals surface area contributed by atoms with Crippen molar-refractivity contribution in [3.05, 3.63) is 63.9 Å². The van der Waals surface area contributed by atoms with E-state index in [0.717, 1.165) is 0 Å². The maximum atomic E-state index is 13.5. The number of amides is 1. The molecule has 7 heteroatoms. The molecule has 0 saturated carbocycles. The highest BCUT2D eigenvalue weighted by molar-refractivity contribution is 6.42. The molecule has 24 heavy (non-hydrogen) atoms. The van der Waals surface area contributed by atoms with Gasteiger partial charge >= 0.3 is 5.97 Å². The van der Waals surface area contributed by atoms with Crippen LogP contribution in [0.1, 0.15) is 12.5 Å². The zero-order chi connectivity index (χ0) is 17.7. The highest BCUT2D eigenvalue weighted by Crippen LogP contribution is 2.23. The summed E-state index contributed by atoms with van der Waals surface area (Å²) in [5.41, 5.74) is 0.631. The second kappa shape index (κ2) is 8.13. The molecule has 1 amide bonds. The molecule has 2 aromatic carbocycles. The minimum atomic E-state index is -1.07. The van der Waals surface area contributed by atoms with Crippen LogP contribution in [0.5, 0.6) is 0 Å². The summed E-state index contributed by atoms with van der Waals surface area (Å²) in [6.07, 6.45) is -1.13. The van der Waals surface area contributed by atoms with Gasteiger partial charge in [0.25, 0.3) is 5.91 Å². The number of esters is 1. The van der Waals surface area contributed by atoms with E-state index in [0.29, 0.717) is 15.6 Å². The third-order valence-electron chi connectivity index (χ3n) is 3.14. The average molecular weight is 370 g/mol. The molecular formula is C17H14Cl2FNO3. The highest BCUT2D eigenvalue weighted by atomic mass is 35.5. The van der Waals surface area contributed by atoms with Gasteiger partial charge in [0, 0.05) is 0 Å². The summed E-state index contributed by atoms with van der Waals surface area (Å²) in [5.74, 6) is -1.80. The molecule has 2 aromatic rings. The Labute approximate surface area is 148 Å². The van der Waals surface area contributed by atoms with Gasteiger partial charge in [0.2, 0.25) is 0 Å². The number of benzene rings is 2. The molecule has 126 valence electrons. The smallest absolute Gasteiger partial charge is 0.311 e. The Hall–Kier alpha value is -2.11. The van der Waals surface area contributed by atoms with E-state index in [1.54, 1.807) is 24.3 Å². The predicted octanol–water partition coefficient (Wildman–Crippen LogP) is 4.25. The van der Waals surface area contributed by atoms with Crippen LogP contribution in [0.15, 0.2) is 42.5 Å². The third kappa shape index (κ3) is 4.94. The van der Waals surface area contributed by atoms with Crippen molar-refractivity contribution in [3.63, 3.8) is 0 Å². The number of nitrogens with one attached hydrogen (secondary N) is 1. The van der Waals surface area contributed by atoms with E-state index in [1.807, 2.05) is 0 Å². The molecule has 0 aliphatic carbocycles. The summed E-state index contributed by atoms with van der Waals surface area (Å²) in [7, 11) is 0. The van der Waals surface area contributed by atoms with Gasteiger partial charge in [0.15, 0.2) is 6.10 Å². The van der Waals surface area contributed by atoms with Crippen molar-refractivity contribution < 1.29 is 18.7 Å². The summed E-state index contributed by atoms with van der Waals surface area (Å²) in [6.45, 7) is 1.41. The van der Waals surface area contributed by atoms with Crippen molar-refractivity contribution in [3.8, 4) is 0 Å². The van der Waals surface area contributed by atoms with Crippen LogP contribution in [-0.4, -0.2) is 18.0 Å². The zero-order valence-electron chi connectivity index (χ0n) is 12.7. The second-order valence-electron chi connectivity index (χ2n) is 5.03. The molecule has 0 aliphatic rings. The first kappa shape index (κ1) is 18.2. The molecule has 0 fully saturated rings. The van der Waals surface area contributed by atoms with Crippen LogP contribution in [0.2, 0.25) is 10.0 Å². The fourth-order valence-electron chi connectivity index (χ4n) is 1.91. The summed E-state index contributed by atoms with van der Waals surface area (Å²) >= 11 is 11.7. The standard InChI is InChI=1S/C17H14Cl2FNO3/c1-10(17(23)21-15-5-3-2-4-14(15)20)24-16(22)9-11-6-7-12(18)13(19)8-11/h2-8,10H,9H2,1H3,(H,21,23)/t10-/m0/s1. The monoisotopic (exact) mass is 369 g/mol. The van der Waals surface area contributed by atoms with E-state index in [9.17, 15) is 14.0 Å². The summed E-state index contributed by atoms with van der Waals surface area (Å²) in [6, 6.07) is 10.5. The Bertz CT molecular complexity index is 767. The first-order valence-electron chi connectivity index (χ1n) is 7.05. The van der Waals surface area contributed by atoms with Gasteiger partial charge in [-0.3, -0.25) is 9.59 Å². The first-order chi connectivity index (χ1) is 11.4. The highest BCUT2D eigenvalue weighted by Gasteiger charge is 2.19. The van der Waals surface area contributed by atoms with Gasteiger partial charge in [-0.1, -0.05) is 41.4 Å². The van der Waals surface area contributed by atoms with Crippen molar-refractivity contribution in [1.29, 1.82) is 0 Å². The van der Waals surface area contributed by atoms with Crippen molar-refractivity contribution in [2.75, 3.05) is 5.32 Å². The predicted molar refractivity (Wildman–Crippen MR) is 90.7 cm³/mol. The lowest BCUT2D eigenvalue weighted by molar-refractivity contribution is -0.152. The molecule has 0 spiro atoms. The Balaban J connectivity index is 1.92. The SMILES string of the molecule is C[C@H](OC(=O)Cc1ccc(Cl)c(Cl)c1)C(=O)Nc1ccccc1F. The molecule has 0 radical (unpaired) electrons. The molecule has 0 heterocycles. The minimum Gasteiger partial charge on any atom is -0.452 e. The Morgan fingerprint density at radius 1 is 1.17 bits per heavy atom. The Morgan fingerprint density at radius 2 is 1.88 bits per heavy atom. The third-order valence-corrected chi connectivity index (χ3v) is 3.88. The number of anilines is 1. The van der Waals surface area contributed by atoms with E-state index >= 15 is 0 Å². The molecule has 2 rings (SSSR count). The van der Waals surface area contributed by atoms with Gasteiger partial charge in [0.1, 0.15) is 5.82 Å². The summed E-state index contributed by atoms with van der Waals surface area (Å²) in [4.78, 5) is 23.8. The summed E-state index contributed by atoms with van der Waals surface area (Å²) < 4.78 is 18.5. The number of hydrogen-bond donors (Lipinski definition) is 1. The molecule has 0 aromatic heterocycles. The number of para-hydroxylation sites is 1. The molecule has 1 N–H and O–H groups in total. The zero-order valence-corrected chi connectivity index (χ0v) is 14.2. The summed E-state index contributed by atoms with van der Waals surface area (Å²) in [5, 5.41) is 3.07. The number of ether oxygens (including phenoxy) is 1. The van der Waals surface area contributed by atoms with Gasteiger partial charge in [-0.25, -0.2) is 4.39 Å². The molecule has 4 nitrogen and oxygen atoms in total. The normalized spacial score (nSPS) is 11.7. The van der Waals surface area contributed by atoms with Gasteiger partial charge in [0.05, 0.1) is 22.2 Å². The van der Waals surface area contributed by atoms with Crippen molar-refractivity contribution in [2.24, 2.45) is 0 Å². The molecule has 1 atom stereocenters. The number of hydrogen-bond acceptors (Lipinski definition) is 3. The lowest BCUT2D eigenvalue weighted by Gasteiger charge is -2.14. The van der Waals surface area contributed by atoms with Crippen LogP contribution in [0.25, 0.3) is 0 Å². The molecule has 0 aliphatic heterocycles. The Kier molecular flexibility index (Phi) is 6.17. The lowest BCUT2D eigenvalue weighted by Crippen LogP contribution is -2.30. The number of rotatable bonds is 5. The van der Waals surface area contributed by atoms with Crippen LogP contribution in [0, 0.1) is 5.82 Å². The van der Waals surface area contributed by atoms with E-state index < -0.39 is 23.8 Å². The first-order valence-corrected chi connectivity index (χ1v) is 7.81. The van der Waals surface area contributed by atoms with Gasteiger partial charge < -0.3 is 10.1 Å². The quantitative estimate of drug-likeness (QED) is 0.801. The second-order valence-corrected chi connectivity index (χ2v) is 5.84. The van der Waals surface area contributed by atoms with Crippen molar-refractivity contribution >= 4 is 40.8 Å². The van der Waals surface area contributed by atoms with Crippen LogP contribution in [0.4, 0.5) is 10.1 Å². The molecular weight excluding hydrogens is 356 g/mol. The van der Waals surface area contributed by atoms with Crippen LogP contribution < -0.4 is 5.32 Å². The Morgan fingerprint density at radius 3 is 2.54 bits per heavy atom. The number of carbonyl (C=O) groups excluding carboxylic acids is 2. The maximum absolute atomic E-state index is 13.5. The fourth-order valence-corrected chi connectivity index (χ4v) is 2.23. The minimum absolute atomic E-state index is 0.0230. The van der Waals surface area contributed by atoms with Crippen LogP contribution >= 0.6 is 23.2 Å². The van der Waals surface area contributed by atoms with Crippen LogP contribution in [0.3, 0.4) is 0 Å². The van der Waals surface area contributed by atoms with E-state index in [1.165, 1.54) is 25.1 Å². The van der Waals surface area contributed by atoms with E-state index in [-0.39, 0.29) is 12.1 Å². The van der Waals surface area contributed by atoms with Gasteiger partial charge in [-0.2, -0.15) is 0 Å². The van der Waals surface area contributed by atoms with Crippen molar-refractivity contribution in [1.82, 2.24) is 0 Å². The fraction of sp³-hybridized carbons (Fsp3) is 0.176. The number of halogens is 3. The lowest BCUT2D eigenvalue weighted by atomic mass is 10.1. The van der Waals surface area contributed by atoms with Gasteiger partial charge in [-0.15, -0.1) is 0 Å².